The fourth-order valence-corrected chi connectivity index (χ4v) is 1.03. The van der Waals surface area contributed by atoms with Crippen LogP contribution in [0, 0.1) is 18.2 Å². The van der Waals surface area contributed by atoms with Crippen LogP contribution in [0.3, 0.4) is 0 Å². The monoisotopic (exact) mass is 160 g/mol. The third-order valence-electron chi connectivity index (χ3n) is 1.56. The van der Waals surface area contributed by atoms with E-state index in [0.717, 1.165) is 0 Å². The second kappa shape index (κ2) is 2.35. The second-order valence-electron chi connectivity index (χ2n) is 2.38. The summed E-state index contributed by atoms with van der Waals surface area (Å²) in [5.74, 6) is 2.08. The molecular formula is C9H5FN2. The quantitative estimate of drug-likeness (QED) is 0.533. The highest BCUT2D eigenvalue weighted by Gasteiger charge is 1.98. The fourth-order valence-electron chi connectivity index (χ4n) is 1.03. The van der Waals surface area contributed by atoms with Gasteiger partial charge in [0.15, 0.2) is 0 Å². The fraction of sp³-hybridized carbons (Fsp3) is 0. The molecule has 2 nitrogen and oxygen atoms in total. The molecule has 2 aromatic rings. The maximum absolute atomic E-state index is 12.6. The lowest BCUT2D eigenvalue weighted by molar-refractivity contribution is 0.619. The molecule has 0 N–H and O–H groups in total. The lowest BCUT2D eigenvalue weighted by atomic mass is 10.5. The number of hydrogen-bond acceptors (Lipinski definition) is 1. The SMILES string of the molecule is C#Cc1cn2cc(F)ccc2n1. The molecule has 58 valence electrons. The van der Waals surface area contributed by atoms with Gasteiger partial charge in [0, 0.05) is 12.4 Å². The Balaban J connectivity index is 2.77. The third kappa shape index (κ3) is 0.940. The highest BCUT2D eigenvalue weighted by atomic mass is 19.1. The molecule has 0 unspecified atom stereocenters. The minimum atomic E-state index is -0.302. The first-order valence-electron chi connectivity index (χ1n) is 3.40. The van der Waals surface area contributed by atoms with E-state index >= 15 is 0 Å². The van der Waals surface area contributed by atoms with Gasteiger partial charge in [0.2, 0.25) is 0 Å². The molecule has 2 aromatic heterocycles. The van der Waals surface area contributed by atoms with E-state index in [2.05, 4.69) is 10.9 Å². The van der Waals surface area contributed by atoms with E-state index in [1.54, 1.807) is 16.7 Å². The van der Waals surface area contributed by atoms with Crippen LogP contribution in [0.1, 0.15) is 5.69 Å². The lowest BCUT2D eigenvalue weighted by Crippen LogP contribution is -1.83. The Bertz CT molecular complexity index is 465. The summed E-state index contributed by atoms with van der Waals surface area (Å²) in [6, 6.07) is 2.93. The number of fused-ring (bicyclic) bond motifs is 1. The molecule has 0 spiro atoms. The number of halogens is 1. The first-order valence-corrected chi connectivity index (χ1v) is 3.40. The summed E-state index contributed by atoms with van der Waals surface area (Å²) < 4.78 is 14.2. The minimum Gasteiger partial charge on any atom is -0.303 e. The first-order chi connectivity index (χ1) is 5.79. The maximum Gasteiger partial charge on any atom is 0.139 e. The summed E-state index contributed by atoms with van der Waals surface area (Å²) in [6.07, 6.45) is 8.08. The van der Waals surface area contributed by atoms with Crippen molar-refractivity contribution in [2.75, 3.05) is 0 Å². The maximum atomic E-state index is 12.6. The Kier molecular flexibility index (Phi) is 1.34. The van der Waals surface area contributed by atoms with Crippen LogP contribution in [-0.4, -0.2) is 9.38 Å². The molecule has 0 atom stereocenters. The van der Waals surface area contributed by atoms with Crippen LogP contribution in [0.2, 0.25) is 0 Å². The van der Waals surface area contributed by atoms with E-state index in [1.165, 1.54) is 12.3 Å². The summed E-state index contributed by atoms with van der Waals surface area (Å²) in [4.78, 5) is 4.03. The van der Waals surface area contributed by atoms with Crippen LogP contribution in [0.5, 0.6) is 0 Å². The first kappa shape index (κ1) is 6.86. The zero-order chi connectivity index (χ0) is 8.55. The van der Waals surface area contributed by atoms with Crippen molar-refractivity contribution in [2.24, 2.45) is 0 Å². The van der Waals surface area contributed by atoms with Gasteiger partial charge in [0.05, 0.1) is 0 Å². The Morgan fingerprint density at radius 2 is 2.25 bits per heavy atom. The summed E-state index contributed by atoms with van der Waals surface area (Å²) in [6.45, 7) is 0. The average molecular weight is 160 g/mol. The largest absolute Gasteiger partial charge is 0.303 e. The molecule has 0 fully saturated rings. The van der Waals surface area contributed by atoms with Gasteiger partial charge in [-0.1, -0.05) is 0 Å². The molecule has 0 saturated heterocycles. The predicted molar refractivity (Wildman–Crippen MR) is 43.1 cm³/mol. The van der Waals surface area contributed by atoms with Gasteiger partial charge in [0.1, 0.15) is 17.2 Å². The minimum absolute atomic E-state index is 0.302. The van der Waals surface area contributed by atoms with Crippen molar-refractivity contribution < 1.29 is 4.39 Å². The van der Waals surface area contributed by atoms with Crippen LogP contribution in [-0.2, 0) is 0 Å². The van der Waals surface area contributed by atoms with Crippen molar-refractivity contribution in [1.29, 1.82) is 0 Å². The third-order valence-corrected chi connectivity index (χ3v) is 1.56. The van der Waals surface area contributed by atoms with Gasteiger partial charge in [-0.05, 0) is 18.1 Å². The van der Waals surface area contributed by atoms with Gasteiger partial charge in [0.25, 0.3) is 0 Å². The topological polar surface area (TPSA) is 17.3 Å². The van der Waals surface area contributed by atoms with Crippen molar-refractivity contribution in [3.63, 3.8) is 0 Å². The Hall–Kier alpha value is -1.82. The molecule has 2 heterocycles. The molecule has 2 rings (SSSR count). The summed E-state index contributed by atoms with van der Waals surface area (Å²) in [5, 5.41) is 0. The standard InChI is InChI=1S/C9H5FN2/c1-2-8-6-12-5-7(10)3-4-9(12)11-8/h1,3-6H. The summed E-state index contributed by atoms with van der Waals surface area (Å²) in [7, 11) is 0. The van der Waals surface area contributed by atoms with Gasteiger partial charge in [-0.2, -0.15) is 0 Å². The Morgan fingerprint density at radius 1 is 1.42 bits per heavy atom. The van der Waals surface area contributed by atoms with Crippen LogP contribution in [0.15, 0.2) is 24.5 Å². The van der Waals surface area contributed by atoms with Crippen molar-refractivity contribution in [2.45, 2.75) is 0 Å². The zero-order valence-corrected chi connectivity index (χ0v) is 6.16. The van der Waals surface area contributed by atoms with Gasteiger partial charge in [-0.15, -0.1) is 6.42 Å². The van der Waals surface area contributed by atoms with Gasteiger partial charge in [-0.25, -0.2) is 9.37 Å². The molecule has 0 aliphatic rings. The van der Waals surface area contributed by atoms with Gasteiger partial charge < -0.3 is 4.40 Å². The Morgan fingerprint density at radius 3 is 3.00 bits per heavy atom. The van der Waals surface area contributed by atoms with E-state index in [1.807, 2.05) is 0 Å². The van der Waals surface area contributed by atoms with E-state index < -0.39 is 0 Å². The molecule has 0 amide bonds. The molecule has 0 aromatic carbocycles. The zero-order valence-electron chi connectivity index (χ0n) is 6.16. The van der Waals surface area contributed by atoms with Crippen molar-refractivity contribution in [3.05, 3.63) is 36.0 Å². The van der Waals surface area contributed by atoms with Crippen molar-refractivity contribution in [3.8, 4) is 12.3 Å². The summed E-state index contributed by atoms with van der Waals surface area (Å²) >= 11 is 0. The number of rotatable bonds is 0. The average Bonchev–Trinajstić information content (AvgIpc) is 2.46. The molecular weight excluding hydrogens is 155 g/mol. The second-order valence-corrected chi connectivity index (χ2v) is 2.38. The van der Waals surface area contributed by atoms with E-state index in [0.29, 0.717) is 11.3 Å². The normalized spacial score (nSPS) is 10.0. The van der Waals surface area contributed by atoms with Crippen LogP contribution in [0.4, 0.5) is 4.39 Å². The number of imidazole rings is 1. The molecule has 12 heavy (non-hydrogen) atoms. The molecule has 0 bridgehead atoms. The number of terminal acetylenes is 1. The van der Waals surface area contributed by atoms with E-state index in [-0.39, 0.29) is 5.82 Å². The molecule has 0 aliphatic heterocycles. The number of pyridine rings is 1. The number of hydrogen-bond donors (Lipinski definition) is 0. The lowest BCUT2D eigenvalue weighted by Gasteiger charge is -1.90. The van der Waals surface area contributed by atoms with Gasteiger partial charge in [-0.3, -0.25) is 0 Å². The molecule has 3 heteroatoms. The molecule has 0 saturated carbocycles. The van der Waals surface area contributed by atoms with Crippen LogP contribution in [0.25, 0.3) is 5.65 Å². The number of nitrogens with zero attached hydrogens (tertiary/aromatic N) is 2. The molecule has 0 aliphatic carbocycles. The van der Waals surface area contributed by atoms with E-state index in [4.69, 9.17) is 6.42 Å². The Labute approximate surface area is 68.7 Å². The number of aromatic nitrogens is 2. The molecule has 0 radical (unpaired) electrons. The van der Waals surface area contributed by atoms with Gasteiger partial charge >= 0.3 is 0 Å². The van der Waals surface area contributed by atoms with E-state index in [9.17, 15) is 4.39 Å². The summed E-state index contributed by atoms with van der Waals surface area (Å²) in [5.41, 5.74) is 1.17. The predicted octanol–water partition coefficient (Wildman–Crippen LogP) is 1.45. The highest BCUT2D eigenvalue weighted by molar-refractivity contribution is 5.43. The van der Waals surface area contributed by atoms with Crippen LogP contribution >= 0.6 is 0 Å². The van der Waals surface area contributed by atoms with Crippen molar-refractivity contribution >= 4 is 5.65 Å². The van der Waals surface area contributed by atoms with Crippen LogP contribution < -0.4 is 0 Å². The highest BCUT2D eigenvalue weighted by Crippen LogP contribution is 2.05. The van der Waals surface area contributed by atoms with Crippen molar-refractivity contribution in [1.82, 2.24) is 9.38 Å². The smallest absolute Gasteiger partial charge is 0.139 e.